The van der Waals surface area contributed by atoms with Gasteiger partial charge in [0.25, 0.3) is 11.5 Å². The van der Waals surface area contributed by atoms with E-state index in [1.54, 1.807) is 36.4 Å². The highest BCUT2D eigenvalue weighted by Crippen LogP contribution is 2.17. The molecule has 0 bridgehead atoms. The highest BCUT2D eigenvalue weighted by Gasteiger charge is 2.25. The Morgan fingerprint density at radius 1 is 1.38 bits per heavy atom. The maximum atomic E-state index is 12.5. The third-order valence-corrected chi connectivity index (χ3v) is 4.42. The molecule has 1 N–H and O–H groups in total. The Morgan fingerprint density at radius 2 is 2.08 bits per heavy atom. The number of likely N-dealkylation sites (tertiary alicyclic amines) is 1. The van der Waals surface area contributed by atoms with Crippen LogP contribution in [0.15, 0.2) is 35.8 Å². The molecule has 1 aliphatic heterocycles. The minimum absolute atomic E-state index is 0.0428. The van der Waals surface area contributed by atoms with E-state index < -0.39 is 0 Å². The lowest BCUT2D eigenvalue weighted by atomic mass is 9.96. The Balaban J connectivity index is 1.83. The highest BCUT2D eigenvalue weighted by atomic mass is 16.2. The van der Waals surface area contributed by atoms with E-state index in [0.29, 0.717) is 38.4 Å². The molecule has 0 atom stereocenters. The van der Waals surface area contributed by atoms with Crippen molar-refractivity contribution in [3.8, 4) is 0 Å². The van der Waals surface area contributed by atoms with Gasteiger partial charge in [0.15, 0.2) is 0 Å². The molecule has 1 saturated heterocycles. The fourth-order valence-electron chi connectivity index (χ4n) is 2.85. The average molecular weight is 331 g/mol. The summed E-state index contributed by atoms with van der Waals surface area (Å²) in [5, 5.41) is 2.94. The smallest absolute Gasteiger partial charge is 0.263 e. The molecule has 0 spiro atoms. The summed E-state index contributed by atoms with van der Waals surface area (Å²) < 4.78 is 1.42. The van der Waals surface area contributed by atoms with Gasteiger partial charge in [-0.1, -0.05) is 6.08 Å². The molecule has 0 saturated carbocycles. The van der Waals surface area contributed by atoms with E-state index in [1.807, 2.05) is 0 Å². The second-order valence-electron chi connectivity index (χ2n) is 6.20. The molecule has 130 valence electrons. The molecule has 2 amide bonds. The molecule has 0 aromatic carbocycles. The molecule has 6 nitrogen and oxygen atoms in total. The zero-order valence-corrected chi connectivity index (χ0v) is 14.2. The summed E-state index contributed by atoms with van der Waals surface area (Å²) in [6, 6.07) is 3.29. The van der Waals surface area contributed by atoms with Crippen LogP contribution >= 0.6 is 0 Å². The number of hydrogen-bond donors (Lipinski definition) is 1. The van der Waals surface area contributed by atoms with Crippen LogP contribution < -0.4 is 10.9 Å². The van der Waals surface area contributed by atoms with E-state index in [2.05, 4.69) is 11.9 Å². The summed E-state index contributed by atoms with van der Waals surface area (Å²) in [6.45, 7) is 5.48. The number of allylic oxidation sites excluding steroid dienone is 1. The van der Waals surface area contributed by atoms with Crippen molar-refractivity contribution >= 4 is 11.8 Å². The number of pyridine rings is 1. The van der Waals surface area contributed by atoms with Crippen molar-refractivity contribution in [2.24, 2.45) is 13.0 Å². The van der Waals surface area contributed by atoms with Crippen LogP contribution in [0.2, 0.25) is 0 Å². The molecule has 1 aromatic heterocycles. The van der Waals surface area contributed by atoms with Crippen molar-refractivity contribution in [1.29, 1.82) is 0 Å². The van der Waals surface area contributed by atoms with Gasteiger partial charge in [0.05, 0.1) is 0 Å². The number of nitrogens with zero attached hydrogens (tertiary/aromatic N) is 2. The predicted octanol–water partition coefficient (Wildman–Crippen LogP) is 1.32. The van der Waals surface area contributed by atoms with Crippen LogP contribution in [0.5, 0.6) is 0 Å². The third-order valence-electron chi connectivity index (χ3n) is 4.42. The normalized spacial score (nSPS) is 15.1. The first-order valence-electron chi connectivity index (χ1n) is 8.35. The first-order chi connectivity index (χ1) is 11.5. The number of piperidine rings is 1. The Hall–Kier alpha value is -2.37. The molecule has 1 aliphatic rings. The zero-order chi connectivity index (χ0) is 17.5. The standard InChI is InChI=1S/C18H25N3O3/c1-3-4-7-16(22)19-13-14-8-11-21(12-9-14)18(24)15-6-5-10-20(2)17(15)23/h3,5-6,10,14H,1,4,7-9,11-13H2,2H3,(H,19,22). The Morgan fingerprint density at radius 3 is 2.75 bits per heavy atom. The van der Waals surface area contributed by atoms with Gasteiger partial charge in [-0.05, 0) is 37.3 Å². The largest absolute Gasteiger partial charge is 0.356 e. The number of aryl methyl sites for hydroxylation is 1. The van der Waals surface area contributed by atoms with Crippen LogP contribution in [0.25, 0.3) is 0 Å². The maximum Gasteiger partial charge on any atom is 0.263 e. The van der Waals surface area contributed by atoms with Crippen LogP contribution in [0.1, 0.15) is 36.0 Å². The summed E-state index contributed by atoms with van der Waals surface area (Å²) in [4.78, 5) is 37.9. The molecule has 0 radical (unpaired) electrons. The Kier molecular flexibility index (Phi) is 6.35. The highest BCUT2D eigenvalue weighted by molar-refractivity contribution is 5.93. The molecule has 0 aliphatic carbocycles. The van der Waals surface area contributed by atoms with E-state index in [4.69, 9.17) is 0 Å². The summed E-state index contributed by atoms with van der Waals surface area (Å²) >= 11 is 0. The SMILES string of the molecule is C=CCCC(=O)NCC1CCN(C(=O)c2cccn(C)c2=O)CC1. The van der Waals surface area contributed by atoms with E-state index in [9.17, 15) is 14.4 Å². The van der Waals surface area contributed by atoms with Gasteiger partial charge in [-0.25, -0.2) is 0 Å². The van der Waals surface area contributed by atoms with E-state index in [-0.39, 0.29) is 22.9 Å². The predicted molar refractivity (Wildman–Crippen MR) is 92.8 cm³/mol. The van der Waals surface area contributed by atoms with Crippen LogP contribution in [0, 0.1) is 5.92 Å². The molecule has 2 rings (SSSR count). The summed E-state index contributed by atoms with van der Waals surface area (Å²) in [6.07, 6.45) is 6.20. The summed E-state index contributed by atoms with van der Waals surface area (Å²) in [5.74, 6) is 0.214. The van der Waals surface area contributed by atoms with Gasteiger partial charge in [-0.15, -0.1) is 6.58 Å². The number of rotatable bonds is 6. The van der Waals surface area contributed by atoms with Crippen molar-refractivity contribution in [3.63, 3.8) is 0 Å². The number of carbonyl (C=O) groups excluding carboxylic acids is 2. The van der Waals surface area contributed by atoms with Crippen molar-refractivity contribution in [2.75, 3.05) is 19.6 Å². The van der Waals surface area contributed by atoms with Gasteiger partial charge < -0.3 is 14.8 Å². The van der Waals surface area contributed by atoms with E-state index >= 15 is 0 Å². The van der Waals surface area contributed by atoms with Crippen molar-refractivity contribution in [1.82, 2.24) is 14.8 Å². The van der Waals surface area contributed by atoms with Crippen LogP contribution in [-0.4, -0.2) is 40.9 Å². The molecule has 0 unspecified atom stereocenters. The average Bonchev–Trinajstić information content (AvgIpc) is 2.60. The fraction of sp³-hybridized carbons (Fsp3) is 0.500. The van der Waals surface area contributed by atoms with Gasteiger partial charge in [0.1, 0.15) is 5.56 Å². The van der Waals surface area contributed by atoms with Gasteiger partial charge in [0, 0.05) is 39.3 Å². The molecule has 6 heteroatoms. The quantitative estimate of drug-likeness (QED) is 0.799. The first-order valence-corrected chi connectivity index (χ1v) is 8.35. The van der Waals surface area contributed by atoms with Gasteiger partial charge in [-0.3, -0.25) is 14.4 Å². The Labute approximate surface area is 142 Å². The van der Waals surface area contributed by atoms with Crippen molar-refractivity contribution < 1.29 is 9.59 Å². The number of hydrogen-bond acceptors (Lipinski definition) is 3. The molecule has 1 fully saturated rings. The fourth-order valence-corrected chi connectivity index (χ4v) is 2.85. The van der Waals surface area contributed by atoms with E-state index in [0.717, 1.165) is 12.8 Å². The molecule has 1 aromatic rings. The lowest BCUT2D eigenvalue weighted by molar-refractivity contribution is -0.121. The van der Waals surface area contributed by atoms with Crippen LogP contribution in [-0.2, 0) is 11.8 Å². The van der Waals surface area contributed by atoms with E-state index in [1.165, 1.54) is 4.57 Å². The van der Waals surface area contributed by atoms with Crippen molar-refractivity contribution in [3.05, 3.63) is 46.9 Å². The number of aromatic nitrogens is 1. The molecule has 24 heavy (non-hydrogen) atoms. The third kappa shape index (κ3) is 4.57. The van der Waals surface area contributed by atoms with Gasteiger partial charge in [-0.2, -0.15) is 0 Å². The first kappa shape index (κ1) is 18.0. The monoisotopic (exact) mass is 331 g/mol. The topological polar surface area (TPSA) is 71.4 Å². The van der Waals surface area contributed by atoms with Crippen LogP contribution in [0.4, 0.5) is 0 Å². The molecular weight excluding hydrogens is 306 g/mol. The van der Waals surface area contributed by atoms with Gasteiger partial charge >= 0.3 is 0 Å². The lowest BCUT2D eigenvalue weighted by Crippen LogP contribution is -2.43. The second kappa shape index (κ2) is 8.47. The zero-order valence-electron chi connectivity index (χ0n) is 14.2. The minimum Gasteiger partial charge on any atom is -0.356 e. The second-order valence-corrected chi connectivity index (χ2v) is 6.20. The van der Waals surface area contributed by atoms with Crippen LogP contribution in [0.3, 0.4) is 0 Å². The lowest BCUT2D eigenvalue weighted by Gasteiger charge is -2.32. The number of amides is 2. The van der Waals surface area contributed by atoms with Crippen molar-refractivity contribution in [2.45, 2.75) is 25.7 Å². The minimum atomic E-state index is -0.265. The molecule has 2 heterocycles. The number of nitrogens with one attached hydrogen (secondary N) is 1. The number of carbonyl (C=O) groups is 2. The summed E-state index contributed by atoms with van der Waals surface area (Å²) in [7, 11) is 1.64. The van der Waals surface area contributed by atoms with Gasteiger partial charge in [0.2, 0.25) is 5.91 Å². The molecular formula is C18H25N3O3. The maximum absolute atomic E-state index is 12.5. The summed E-state index contributed by atoms with van der Waals surface area (Å²) in [5.41, 5.74) is -0.0460. The Bertz CT molecular complexity index is 658.